The highest BCUT2D eigenvalue weighted by atomic mass is 32.2. The third-order valence-electron chi connectivity index (χ3n) is 7.29. The van der Waals surface area contributed by atoms with E-state index in [-0.39, 0.29) is 30.0 Å². The Kier molecular flexibility index (Phi) is 8.22. The van der Waals surface area contributed by atoms with Gasteiger partial charge in [-0.15, -0.1) is 0 Å². The van der Waals surface area contributed by atoms with Crippen LogP contribution in [-0.2, 0) is 24.1 Å². The van der Waals surface area contributed by atoms with Crippen molar-refractivity contribution >= 4 is 15.6 Å². The van der Waals surface area contributed by atoms with Crippen LogP contribution in [0.2, 0.25) is 0 Å². The van der Waals surface area contributed by atoms with E-state index < -0.39 is 9.84 Å². The molecular weight excluding hydrogens is 448 g/mol. The van der Waals surface area contributed by atoms with Crippen LogP contribution in [0.25, 0.3) is 0 Å². The number of sulfone groups is 1. The third kappa shape index (κ3) is 6.35. The van der Waals surface area contributed by atoms with E-state index in [9.17, 15) is 13.2 Å². The fraction of sp³-hybridized carbons (Fsp3) is 0.536. The standard InChI is InChI=1S/C28H36O5S/c1-20-7-3-4-8-25(20)26(21-12-16-24(17-13-21)34(2,30)31)19-27(29)22-10-14-23(15-11-22)33-28-9-5-6-18-32-28/h3-4,7-8,12-13,16-17,22-23,26,28H,5-6,9-11,14-15,18-19H2,1-2H3. The molecule has 1 saturated carbocycles. The molecule has 0 N–H and O–H groups in total. The number of hydrogen-bond acceptors (Lipinski definition) is 5. The van der Waals surface area contributed by atoms with E-state index in [4.69, 9.17) is 9.47 Å². The van der Waals surface area contributed by atoms with E-state index in [1.807, 2.05) is 24.3 Å². The summed E-state index contributed by atoms with van der Waals surface area (Å²) in [6, 6.07) is 15.2. The lowest BCUT2D eigenvalue weighted by Crippen LogP contribution is -2.32. The molecule has 0 aromatic heterocycles. The van der Waals surface area contributed by atoms with Crippen molar-refractivity contribution in [2.45, 2.75) is 81.5 Å². The molecule has 2 aromatic carbocycles. The topological polar surface area (TPSA) is 69.7 Å². The Bertz CT molecular complexity index is 1060. The van der Waals surface area contributed by atoms with Gasteiger partial charge in [-0.05, 0) is 80.7 Å². The maximum absolute atomic E-state index is 13.4. The number of aryl methyl sites for hydroxylation is 1. The highest BCUT2D eigenvalue weighted by Crippen LogP contribution is 2.35. The van der Waals surface area contributed by atoms with Gasteiger partial charge >= 0.3 is 0 Å². The van der Waals surface area contributed by atoms with Crippen LogP contribution in [0.3, 0.4) is 0 Å². The zero-order valence-electron chi connectivity index (χ0n) is 20.2. The molecule has 1 saturated heterocycles. The van der Waals surface area contributed by atoms with Crippen LogP contribution >= 0.6 is 0 Å². The van der Waals surface area contributed by atoms with Gasteiger partial charge in [0.25, 0.3) is 0 Å². The number of carbonyl (C=O) groups is 1. The molecule has 34 heavy (non-hydrogen) atoms. The number of hydrogen-bond donors (Lipinski definition) is 0. The molecule has 4 rings (SSSR count). The van der Waals surface area contributed by atoms with Gasteiger partial charge in [0.15, 0.2) is 16.1 Å². The van der Waals surface area contributed by atoms with Crippen LogP contribution in [0.4, 0.5) is 0 Å². The lowest BCUT2D eigenvalue weighted by Gasteiger charge is -2.32. The van der Waals surface area contributed by atoms with Gasteiger partial charge in [-0.2, -0.15) is 0 Å². The summed E-state index contributed by atoms with van der Waals surface area (Å²) in [5.41, 5.74) is 3.23. The van der Waals surface area contributed by atoms with E-state index in [1.54, 1.807) is 12.1 Å². The third-order valence-corrected chi connectivity index (χ3v) is 8.42. The molecule has 1 heterocycles. The van der Waals surface area contributed by atoms with Gasteiger partial charge < -0.3 is 9.47 Å². The average molecular weight is 485 g/mol. The zero-order valence-corrected chi connectivity index (χ0v) is 21.1. The van der Waals surface area contributed by atoms with E-state index in [1.165, 1.54) is 6.26 Å². The Morgan fingerprint density at radius 3 is 2.32 bits per heavy atom. The summed E-state index contributed by atoms with van der Waals surface area (Å²) >= 11 is 0. The maximum atomic E-state index is 13.4. The lowest BCUT2D eigenvalue weighted by atomic mass is 9.78. The predicted octanol–water partition coefficient (Wildman–Crippen LogP) is 5.59. The molecule has 2 unspecified atom stereocenters. The number of Topliss-reactive ketones (excluding diaryl/α,β-unsaturated/α-hetero) is 1. The number of ketones is 1. The predicted molar refractivity (Wildman–Crippen MR) is 133 cm³/mol. The molecule has 0 amide bonds. The summed E-state index contributed by atoms with van der Waals surface area (Å²) in [5, 5.41) is 0. The van der Waals surface area contributed by atoms with Crippen molar-refractivity contribution in [2.24, 2.45) is 5.92 Å². The molecule has 2 aromatic rings. The minimum absolute atomic E-state index is 0.0499. The molecule has 0 spiro atoms. The van der Waals surface area contributed by atoms with Gasteiger partial charge in [-0.3, -0.25) is 4.79 Å². The molecular formula is C28H36O5S. The first-order valence-electron chi connectivity index (χ1n) is 12.5. The van der Waals surface area contributed by atoms with Gasteiger partial charge in [-0.1, -0.05) is 36.4 Å². The minimum atomic E-state index is -3.26. The second-order valence-corrected chi connectivity index (χ2v) is 11.8. The van der Waals surface area contributed by atoms with Crippen LogP contribution in [0.15, 0.2) is 53.4 Å². The molecule has 0 bridgehead atoms. The van der Waals surface area contributed by atoms with E-state index in [2.05, 4.69) is 19.1 Å². The Morgan fingerprint density at radius 1 is 1.00 bits per heavy atom. The summed E-state index contributed by atoms with van der Waals surface area (Å²) < 4.78 is 35.7. The van der Waals surface area contributed by atoms with Crippen molar-refractivity contribution in [3.05, 3.63) is 65.2 Å². The maximum Gasteiger partial charge on any atom is 0.175 e. The fourth-order valence-corrected chi connectivity index (χ4v) is 5.88. The molecule has 1 aliphatic carbocycles. The summed E-state index contributed by atoms with van der Waals surface area (Å²) in [6.45, 7) is 2.84. The Balaban J connectivity index is 1.44. The lowest BCUT2D eigenvalue weighted by molar-refractivity contribution is -0.194. The summed E-state index contributed by atoms with van der Waals surface area (Å²) in [5.74, 6) is 0.244. The molecule has 184 valence electrons. The normalized spacial score (nSPS) is 24.5. The van der Waals surface area contributed by atoms with Crippen molar-refractivity contribution in [1.82, 2.24) is 0 Å². The molecule has 5 nitrogen and oxygen atoms in total. The minimum Gasteiger partial charge on any atom is -0.353 e. The highest BCUT2D eigenvalue weighted by Gasteiger charge is 2.31. The van der Waals surface area contributed by atoms with Crippen molar-refractivity contribution < 1.29 is 22.7 Å². The first-order valence-corrected chi connectivity index (χ1v) is 14.4. The van der Waals surface area contributed by atoms with Crippen molar-refractivity contribution in [2.75, 3.05) is 12.9 Å². The second kappa shape index (κ2) is 11.1. The average Bonchev–Trinajstić information content (AvgIpc) is 2.84. The SMILES string of the molecule is Cc1ccccc1C(CC(=O)C1CCC(OC2CCCCO2)CC1)c1ccc(S(C)(=O)=O)cc1. The number of carbonyl (C=O) groups excluding carboxylic acids is 1. The number of benzene rings is 2. The first-order chi connectivity index (χ1) is 16.3. The highest BCUT2D eigenvalue weighted by molar-refractivity contribution is 7.90. The van der Waals surface area contributed by atoms with E-state index >= 15 is 0 Å². The monoisotopic (exact) mass is 484 g/mol. The molecule has 2 fully saturated rings. The molecule has 1 aliphatic heterocycles. The van der Waals surface area contributed by atoms with Gasteiger partial charge in [0.1, 0.15) is 5.78 Å². The molecule has 2 aliphatic rings. The van der Waals surface area contributed by atoms with Crippen LogP contribution < -0.4 is 0 Å². The summed E-state index contributed by atoms with van der Waals surface area (Å²) in [4.78, 5) is 13.7. The van der Waals surface area contributed by atoms with E-state index in [0.717, 1.165) is 68.2 Å². The smallest absolute Gasteiger partial charge is 0.175 e. The summed E-state index contributed by atoms with van der Waals surface area (Å²) in [7, 11) is -3.26. The second-order valence-electron chi connectivity index (χ2n) is 9.83. The van der Waals surface area contributed by atoms with Crippen LogP contribution in [0, 0.1) is 12.8 Å². The Labute approximate surface area is 203 Å². The van der Waals surface area contributed by atoms with Gasteiger partial charge in [-0.25, -0.2) is 8.42 Å². The van der Waals surface area contributed by atoms with Gasteiger partial charge in [0.2, 0.25) is 0 Å². The Hall–Kier alpha value is -2.02. The molecule has 6 heteroatoms. The first kappa shape index (κ1) is 25.1. The molecule has 2 atom stereocenters. The zero-order chi connectivity index (χ0) is 24.1. The summed E-state index contributed by atoms with van der Waals surface area (Å²) in [6.07, 6.45) is 8.47. The Morgan fingerprint density at radius 2 is 1.71 bits per heavy atom. The van der Waals surface area contributed by atoms with Gasteiger partial charge in [0, 0.05) is 31.1 Å². The van der Waals surface area contributed by atoms with Crippen LogP contribution in [0.5, 0.6) is 0 Å². The molecule has 0 radical (unpaired) electrons. The van der Waals surface area contributed by atoms with Crippen LogP contribution in [0.1, 0.15) is 74.0 Å². The van der Waals surface area contributed by atoms with Crippen molar-refractivity contribution in [3.8, 4) is 0 Å². The fourth-order valence-electron chi connectivity index (χ4n) is 5.25. The largest absolute Gasteiger partial charge is 0.353 e. The van der Waals surface area contributed by atoms with Crippen LogP contribution in [-0.4, -0.2) is 39.5 Å². The van der Waals surface area contributed by atoms with Crippen molar-refractivity contribution in [3.63, 3.8) is 0 Å². The van der Waals surface area contributed by atoms with Gasteiger partial charge in [0.05, 0.1) is 11.0 Å². The van der Waals surface area contributed by atoms with Crippen molar-refractivity contribution in [1.29, 1.82) is 0 Å². The van der Waals surface area contributed by atoms with E-state index in [0.29, 0.717) is 11.3 Å². The number of ether oxygens (including phenoxy) is 2. The number of rotatable bonds is 8. The quantitative estimate of drug-likeness (QED) is 0.488.